The number of nitrogens with two attached hydrogens (primary N) is 1. The maximum absolute atomic E-state index is 13.6. The van der Waals surface area contributed by atoms with Gasteiger partial charge in [0.15, 0.2) is 11.6 Å². The zero-order chi connectivity index (χ0) is 12.3. The second-order valence-electron chi connectivity index (χ2n) is 3.48. The zero-order valence-electron chi connectivity index (χ0n) is 8.94. The Kier molecular flexibility index (Phi) is 3.39. The number of hydrogen-bond acceptors (Lipinski definition) is 3. The number of benzene rings is 1. The smallest absolute Gasteiger partial charge is 0.165 e. The average Bonchev–Trinajstić information content (AvgIpc) is 2.80. The first-order chi connectivity index (χ1) is 8.16. The molecule has 0 amide bonds. The van der Waals surface area contributed by atoms with Crippen molar-refractivity contribution >= 4 is 17.2 Å². The Labute approximate surface area is 102 Å². The van der Waals surface area contributed by atoms with Crippen LogP contribution in [0.1, 0.15) is 11.1 Å². The molecule has 3 nitrogen and oxygen atoms in total. The third-order valence-corrected chi connectivity index (χ3v) is 2.95. The van der Waals surface area contributed by atoms with Gasteiger partial charge in [0.25, 0.3) is 0 Å². The van der Waals surface area contributed by atoms with Gasteiger partial charge >= 0.3 is 0 Å². The van der Waals surface area contributed by atoms with Crippen LogP contribution in [-0.2, 0) is 6.61 Å². The molecule has 0 spiro atoms. The van der Waals surface area contributed by atoms with Crippen LogP contribution in [0.15, 0.2) is 35.0 Å². The van der Waals surface area contributed by atoms with Crippen molar-refractivity contribution < 1.29 is 9.13 Å². The van der Waals surface area contributed by atoms with Gasteiger partial charge in [0, 0.05) is 5.56 Å². The highest BCUT2D eigenvalue weighted by molar-refractivity contribution is 7.07. The Morgan fingerprint density at radius 2 is 2.24 bits per heavy atom. The number of nitrogens with one attached hydrogen (secondary N) is 1. The molecule has 2 rings (SSSR count). The highest BCUT2D eigenvalue weighted by Crippen LogP contribution is 2.20. The van der Waals surface area contributed by atoms with Crippen molar-refractivity contribution in [3.63, 3.8) is 0 Å². The Balaban J connectivity index is 2.09. The summed E-state index contributed by atoms with van der Waals surface area (Å²) in [6.45, 7) is 0.333. The van der Waals surface area contributed by atoms with Crippen LogP contribution in [0.5, 0.6) is 5.75 Å². The minimum atomic E-state index is -0.507. The van der Waals surface area contributed by atoms with Gasteiger partial charge in [-0.05, 0) is 40.6 Å². The van der Waals surface area contributed by atoms with Crippen molar-refractivity contribution in [2.45, 2.75) is 6.61 Å². The third kappa shape index (κ3) is 2.82. The fourth-order valence-electron chi connectivity index (χ4n) is 1.32. The van der Waals surface area contributed by atoms with E-state index in [-0.39, 0.29) is 11.6 Å². The SMILES string of the molecule is N=C(N)c1ccc(OCc2ccsc2)c(F)c1. The Bertz CT molecular complexity index is 525. The summed E-state index contributed by atoms with van der Waals surface area (Å²) < 4.78 is 18.9. The van der Waals surface area contributed by atoms with Crippen LogP contribution in [0.2, 0.25) is 0 Å². The molecule has 1 aromatic carbocycles. The van der Waals surface area contributed by atoms with E-state index in [0.29, 0.717) is 12.2 Å². The van der Waals surface area contributed by atoms with Crippen molar-refractivity contribution in [1.82, 2.24) is 0 Å². The first kappa shape index (κ1) is 11.6. The quantitative estimate of drug-likeness (QED) is 0.647. The van der Waals surface area contributed by atoms with Crippen molar-refractivity contribution in [1.29, 1.82) is 5.41 Å². The molecule has 17 heavy (non-hydrogen) atoms. The average molecular weight is 250 g/mol. The molecule has 1 heterocycles. The molecule has 0 atom stereocenters. The van der Waals surface area contributed by atoms with Gasteiger partial charge in [-0.2, -0.15) is 11.3 Å². The fourth-order valence-corrected chi connectivity index (χ4v) is 1.97. The van der Waals surface area contributed by atoms with E-state index < -0.39 is 5.82 Å². The summed E-state index contributed by atoms with van der Waals surface area (Å²) in [5.41, 5.74) is 6.62. The Hall–Kier alpha value is -1.88. The first-order valence-electron chi connectivity index (χ1n) is 4.94. The summed E-state index contributed by atoms with van der Waals surface area (Å²) in [4.78, 5) is 0. The standard InChI is InChI=1S/C12H11FN2OS/c13-10-5-9(12(14)15)1-2-11(10)16-6-8-3-4-17-7-8/h1-5,7H,6H2,(H3,14,15). The molecule has 1 aromatic heterocycles. The van der Waals surface area contributed by atoms with Crippen LogP contribution in [0.3, 0.4) is 0 Å². The number of ether oxygens (including phenoxy) is 1. The predicted molar refractivity (Wildman–Crippen MR) is 66.1 cm³/mol. The van der Waals surface area contributed by atoms with E-state index in [1.165, 1.54) is 12.1 Å². The zero-order valence-corrected chi connectivity index (χ0v) is 9.76. The number of nitrogen functional groups attached to an aromatic ring is 1. The van der Waals surface area contributed by atoms with Crippen LogP contribution in [0.4, 0.5) is 4.39 Å². The number of hydrogen-bond donors (Lipinski definition) is 2. The van der Waals surface area contributed by atoms with E-state index in [9.17, 15) is 4.39 Å². The van der Waals surface area contributed by atoms with E-state index in [1.54, 1.807) is 17.4 Å². The van der Waals surface area contributed by atoms with Crippen LogP contribution in [-0.4, -0.2) is 5.84 Å². The molecular formula is C12H11FN2OS. The molecule has 0 bridgehead atoms. The van der Waals surface area contributed by atoms with Crippen LogP contribution in [0.25, 0.3) is 0 Å². The number of amidine groups is 1. The first-order valence-corrected chi connectivity index (χ1v) is 5.89. The molecule has 0 aliphatic heterocycles. The normalized spacial score (nSPS) is 10.2. The predicted octanol–water partition coefficient (Wildman–Crippen LogP) is 2.75. The second kappa shape index (κ2) is 4.97. The molecule has 5 heteroatoms. The van der Waals surface area contributed by atoms with Gasteiger partial charge in [-0.3, -0.25) is 5.41 Å². The van der Waals surface area contributed by atoms with Gasteiger partial charge < -0.3 is 10.5 Å². The fraction of sp³-hybridized carbons (Fsp3) is 0.0833. The minimum Gasteiger partial charge on any atom is -0.486 e. The molecular weight excluding hydrogens is 239 g/mol. The molecule has 2 aromatic rings. The molecule has 0 fully saturated rings. The van der Waals surface area contributed by atoms with Crippen LogP contribution in [0, 0.1) is 11.2 Å². The molecule has 0 radical (unpaired) electrons. The summed E-state index contributed by atoms with van der Waals surface area (Å²) in [5.74, 6) is -0.498. The van der Waals surface area contributed by atoms with Gasteiger partial charge in [-0.25, -0.2) is 4.39 Å². The van der Waals surface area contributed by atoms with E-state index in [0.717, 1.165) is 5.56 Å². The molecule has 0 aliphatic carbocycles. The molecule has 88 valence electrons. The van der Waals surface area contributed by atoms with Gasteiger partial charge in [0.05, 0.1) is 0 Å². The number of halogens is 1. The van der Waals surface area contributed by atoms with Crippen molar-refractivity contribution in [3.05, 3.63) is 52.0 Å². The largest absolute Gasteiger partial charge is 0.486 e. The summed E-state index contributed by atoms with van der Waals surface area (Å²) in [6, 6.07) is 6.17. The molecule has 3 N–H and O–H groups in total. The monoisotopic (exact) mass is 250 g/mol. The van der Waals surface area contributed by atoms with Gasteiger partial charge in [-0.1, -0.05) is 0 Å². The lowest BCUT2D eigenvalue weighted by Crippen LogP contribution is -2.11. The maximum atomic E-state index is 13.6. The van der Waals surface area contributed by atoms with E-state index in [4.69, 9.17) is 15.9 Å². The van der Waals surface area contributed by atoms with Crippen molar-refractivity contribution in [3.8, 4) is 5.75 Å². The molecule has 0 saturated carbocycles. The van der Waals surface area contributed by atoms with E-state index in [1.807, 2.05) is 16.8 Å². The van der Waals surface area contributed by atoms with E-state index in [2.05, 4.69) is 0 Å². The summed E-state index contributed by atoms with van der Waals surface area (Å²) in [6.07, 6.45) is 0. The van der Waals surface area contributed by atoms with Gasteiger partial charge in [-0.15, -0.1) is 0 Å². The lowest BCUT2D eigenvalue weighted by Gasteiger charge is -2.07. The molecule has 0 unspecified atom stereocenters. The maximum Gasteiger partial charge on any atom is 0.165 e. The van der Waals surface area contributed by atoms with Gasteiger partial charge in [0.2, 0.25) is 0 Å². The lowest BCUT2D eigenvalue weighted by atomic mass is 10.2. The number of rotatable bonds is 4. The molecule has 0 aliphatic rings. The summed E-state index contributed by atoms with van der Waals surface area (Å²) >= 11 is 1.57. The van der Waals surface area contributed by atoms with Crippen LogP contribution < -0.4 is 10.5 Å². The minimum absolute atomic E-state index is 0.159. The third-order valence-electron chi connectivity index (χ3n) is 2.22. The Morgan fingerprint density at radius 1 is 1.41 bits per heavy atom. The second-order valence-corrected chi connectivity index (χ2v) is 4.26. The van der Waals surface area contributed by atoms with Crippen molar-refractivity contribution in [2.75, 3.05) is 0 Å². The number of thiophene rings is 1. The van der Waals surface area contributed by atoms with E-state index >= 15 is 0 Å². The summed E-state index contributed by atoms with van der Waals surface area (Å²) in [7, 11) is 0. The van der Waals surface area contributed by atoms with Gasteiger partial charge in [0.1, 0.15) is 12.4 Å². The van der Waals surface area contributed by atoms with Crippen LogP contribution >= 0.6 is 11.3 Å². The Morgan fingerprint density at radius 3 is 2.82 bits per heavy atom. The highest BCUT2D eigenvalue weighted by atomic mass is 32.1. The molecule has 0 saturated heterocycles. The topological polar surface area (TPSA) is 59.1 Å². The highest BCUT2D eigenvalue weighted by Gasteiger charge is 2.06. The summed E-state index contributed by atoms with van der Waals surface area (Å²) in [5, 5.41) is 11.1. The lowest BCUT2D eigenvalue weighted by molar-refractivity contribution is 0.291. The van der Waals surface area contributed by atoms with Crippen molar-refractivity contribution in [2.24, 2.45) is 5.73 Å².